The van der Waals surface area contributed by atoms with Gasteiger partial charge in [-0.15, -0.1) is 5.10 Å². The second-order valence-corrected chi connectivity index (χ2v) is 8.58. The van der Waals surface area contributed by atoms with Crippen LogP contribution in [0.4, 0.5) is 0 Å². The van der Waals surface area contributed by atoms with E-state index in [4.69, 9.17) is 19.6 Å². The number of para-hydroxylation sites is 1. The van der Waals surface area contributed by atoms with E-state index >= 15 is 0 Å². The summed E-state index contributed by atoms with van der Waals surface area (Å²) in [6.07, 6.45) is -0.660. The minimum Gasteiger partial charge on any atom is -0.502 e. The molecule has 2 N–H and O–H groups in total. The molecule has 3 aromatic rings. The van der Waals surface area contributed by atoms with Crippen LogP contribution in [-0.2, 0) is 10.5 Å². The van der Waals surface area contributed by atoms with Gasteiger partial charge in [-0.3, -0.25) is 15.1 Å². The Kier molecular flexibility index (Phi) is 5.85. The number of carbonyl (C=O) groups excluding carboxylic acids is 1. The second kappa shape index (κ2) is 9.11. The van der Waals surface area contributed by atoms with E-state index in [1.807, 2.05) is 54.6 Å². The number of carbonyl (C=O) groups is 1. The summed E-state index contributed by atoms with van der Waals surface area (Å²) in [5.41, 5.74) is 2.19. The van der Waals surface area contributed by atoms with Crippen LogP contribution in [0.15, 0.2) is 76.8 Å². The molecular weight excluding hydrogens is 452 g/mol. The molecule has 1 unspecified atom stereocenters. The molecule has 0 bridgehead atoms. The van der Waals surface area contributed by atoms with Crippen molar-refractivity contribution in [1.82, 2.24) is 10.3 Å². The van der Waals surface area contributed by atoms with Gasteiger partial charge in [0.2, 0.25) is 5.75 Å². The Labute approximate surface area is 200 Å². The molecule has 2 aliphatic rings. The van der Waals surface area contributed by atoms with Gasteiger partial charge >= 0.3 is 0 Å². The molecule has 0 fully saturated rings. The number of thioether (sulfide) groups is 1. The third-order valence-corrected chi connectivity index (χ3v) is 6.47. The van der Waals surface area contributed by atoms with Crippen LogP contribution < -0.4 is 25.4 Å². The lowest BCUT2D eigenvalue weighted by Crippen LogP contribution is -2.50. The van der Waals surface area contributed by atoms with Crippen molar-refractivity contribution >= 4 is 28.5 Å². The molecule has 0 spiro atoms. The smallest absolute Gasteiger partial charge is 0.276 e. The van der Waals surface area contributed by atoms with Crippen LogP contribution in [0.1, 0.15) is 17.3 Å². The summed E-state index contributed by atoms with van der Waals surface area (Å²) in [5.74, 6) is 0.787. The zero-order chi connectivity index (χ0) is 23.7. The zero-order valence-corrected chi connectivity index (χ0v) is 19.4. The molecule has 0 saturated heterocycles. The number of fused-ring (bicyclic) bond motifs is 2. The summed E-state index contributed by atoms with van der Waals surface area (Å²) in [4.78, 5) is 18.2. The molecule has 0 saturated carbocycles. The fourth-order valence-corrected chi connectivity index (χ4v) is 4.70. The number of phenols is 1. The Morgan fingerprint density at radius 3 is 2.41 bits per heavy atom. The maximum Gasteiger partial charge on any atom is 0.276 e. The lowest BCUT2D eigenvalue weighted by molar-refractivity contribution is -0.116. The number of hydrogen-bond acceptors (Lipinski definition) is 8. The molecule has 2 heterocycles. The SMILES string of the molecule is COc1cc(C2N=c3ccccc3=C3C(=O)NC(SCc4ccccc4)=NN32)cc(OC)c1O. The van der Waals surface area contributed by atoms with E-state index in [9.17, 15) is 9.90 Å². The number of hydrazone groups is 1. The van der Waals surface area contributed by atoms with Gasteiger partial charge in [0.05, 0.1) is 19.6 Å². The predicted molar refractivity (Wildman–Crippen MR) is 130 cm³/mol. The molecular formula is C25H22N4O4S. The average Bonchev–Trinajstić information content (AvgIpc) is 2.87. The summed E-state index contributed by atoms with van der Waals surface area (Å²) < 4.78 is 10.7. The summed E-state index contributed by atoms with van der Waals surface area (Å²) in [6, 6.07) is 20.8. The number of phenolic OH excluding ortho intramolecular Hbond substituents is 1. The van der Waals surface area contributed by atoms with Gasteiger partial charge in [-0.05, 0) is 23.8 Å². The fraction of sp³-hybridized carbons (Fsp3) is 0.160. The first-order chi connectivity index (χ1) is 16.6. The molecule has 0 radical (unpaired) electrons. The molecule has 0 aromatic heterocycles. The van der Waals surface area contributed by atoms with Crippen molar-refractivity contribution in [2.24, 2.45) is 10.1 Å². The number of amidine groups is 1. The molecule has 1 amide bonds. The minimum absolute atomic E-state index is 0.104. The number of hydrogen-bond donors (Lipinski definition) is 2. The van der Waals surface area contributed by atoms with Crippen molar-refractivity contribution in [1.29, 1.82) is 0 Å². The highest BCUT2D eigenvalue weighted by atomic mass is 32.2. The Hall–Kier alpha value is -3.98. The van der Waals surface area contributed by atoms with Gasteiger partial charge in [0.15, 0.2) is 22.8 Å². The Balaban J connectivity index is 1.61. The third-order valence-electron chi connectivity index (χ3n) is 5.53. The highest BCUT2D eigenvalue weighted by molar-refractivity contribution is 8.13. The Morgan fingerprint density at radius 1 is 1.03 bits per heavy atom. The van der Waals surface area contributed by atoms with E-state index in [1.54, 1.807) is 17.1 Å². The number of amides is 1. The van der Waals surface area contributed by atoms with E-state index in [1.165, 1.54) is 26.0 Å². The number of ether oxygens (including phenoxy) is 2. The first-order valence-electron chi connectivity index (χ1n) is 10.6. The first kappa shape index (κ1) is 21.8. The summed E-state index contributed by atoms with van der Waals surface area (Å²) in [5, 5.41) is 21.5. The van der Waals surface area contributed by atoms with Gasteiger partial charge in [0.1, 0.15) is 5.70 Å². The van der Waals surface area contributed by atoms with Gasteiger partial charge in [-0.25, -0.2) is 5.01 Å². The highest BCUT2D eigenvalue weighted by Gasteiger charge is 2.35. The molecule has 2 aliphatic heterocycles. The maximum absolute atomic E-state index is 13.3. The van der Waals surface area contributed by atoms with E-state index in [0.29, 0.717) is 32.8 Å². The highest BCUT2D eigenvalue weighted by Crippen LogP contribution is 2.41. The molecule has 1 atom stereocenters. The van der Waals surface area contributed by atoms with Crippen LogP contribution >= 0.6 is 11.8 Å². The number of rotatable bonds is 5. The predicted octanol–water partition coefficient (Wildman–Crippen LogP) is 2.49. The van der Waals surface area contributed by atoms with Crippen LogP contribution in [0, 0.1) is 0 Å². The van der Waals surface area contributed by atoms with Crippen molar-refractivity contribution in [2.45, 2.75) is 11.9 Å². The maximum atomic E-state index is 13.3. The minimum atomic E-state index is -0.660. The van der Waals surface area contributed by atoms with Crippen molar-refractivity contribution in [3.63, 3.8) is 0 Å². The van der Waals surface area contributed by atoms with Crippen molar-refractivity contribution in [2.75, 3.05) is 14.2 Å². The molecule has 3 aromatic carbocycles. The van der Waals surface area contributed by atoms with E-state index < -0.39 is 6.17 Å². The second-order valence-electron chi connectivity index (χ2n) is 7.62. The van der Waals surface area contributed by atoms with Gasteiger partial charge < -0.3 is 14.6 Å². The Bertz CT molecular complexity index is 1380. The third kappa shape index (κ3) is 3.94. The van der Waals surface area contributed by atoms with Crippen LogP contribution in [0.25, 0.3) is 5.70 Å². The fourth-order valence-electron chi connectivity index (χ4n) is 3.90. The van der Waals surface area contributed by atoms with Gasteiger partial charge in [-0.2, -0.15) is 0 Å². The largest absolute Gasteiger partial charge is 0.502 e. The number of nitrogens with zero attached hydrogens (tertiary/aromatic N) is 3. The van der Waals surface area contributed by atoms with Crippen LogP contribution in [0.3, 0.4) is 0 Å². The topological polar surface area (TPSA) is 95.8 Å². The number of nitrogens with one attached hydrogen (secondary N) is 1. The lowest BCUT2D eigenvalue weighted by Gasteiger charge is -2.34. The normalized spacial score (nSPS) is 16.6. The molecule has 34 heavy (non-hydrogen) atoms. The van der Waals surface area contributed by atoms with Crippen molar-refractivity contribution in [3.05, 3.63) is 88.4 Å². The number of methoxy groups -OCH3 is 2. The van der Waals surface area contributed by atoms with Gasteiger partial charge in [-0.1, -0.05) is 60.3 Å². The van der Waals surface area contributed by atoms with E-state index in [0.717, 1.165) is 5.56 Å². The average molecular weight is 475 g/mol. The lowest BCUT2D eigenvalue weighted by atomic mass is 10.1. The Morgan fingerprint density at radius 2 is 1.71 bits per heavy atom. The van der Waals surface area contributed by atoms with Gasteiger partial charge in [0.25, 0.3) is 5.91 Å². The summed E-state index contributed by atoms with van der Waals surface area (Å²) in [6.45, 7) is 0. The van der Waals surface area contributed by atoms with Gasteiger partial charge in [0, 0.05) is 16.5 Å². The van der Waals surface area contributed by atoms with E-state index in [-0.39, 0.29) is 23.2 Å². The molecule has 9 heteroatoms. The molecule has 0 aliphatic carbocycles. The molecule has 172 valence electrons. The standard InChI is InChI=1S/C25H22N4O4S/c1-32-19-12-16(13-20(33-2)22(19)30)23-26-18-11-7-6-10-17(18)21-24(31)27-25(28-29(21)23)34-14-15-8-4-3-5-9-15/h3-13,23,30H,14H2,1-2H3,(H,27,28,31). The van der Waals surface area contributed by atoms with Crippen molar-refractivity contribution < 1.29 is 19.4 Å². The number of aromatic hydroxyl groups is 1. The van der Waals surface area contributed by atoms with E-state index in [2.05, 4.69) is 5.32 Å². The first-order valence-corrected chi connectivity index (χ1v) is 11.6. The van der Waals surface area contributed by atoms with Crippen LogP contribution in [0.5, 0.6) is 17.2 Å². The van der Waals surface area contributed by atoms with Crippen LogP contribution in [0.2, 0.25) is 0 Å². The number of benzene rings is 3. The molecule has 5 rings (SSSR count). The zero-order valence-electron chi connectivity index (χ0n) is 18.6. The van der Waals surface area contributed by atoms with Crippen molar-refractivity contribution in [3.8, 4) is 17.2 Å². The monoisotopic (exact) mass is 474 g/mol. The summed E-state index contributed by atoms with van der Waals surface area (Å²) >= 11 is 1.44. The quantitative estimate of drug-likeness (QED) is 0.590. The summed E-state index contributed by atoms with van der Waals surface area (Å²) in [7, 11) is 2.93. The molecule has 8 nitrogen and oxygen atoms in total. The van der Waals surface area contributed by atoms with Crippen LogP contribution in [-0.4, -0.2) is 35.4 Å².